The number of esters is 2. The van der Waals surface area contributed by atoms with E-state index in [0.717, 1.165) is 11.1 Å². The molecule has 0 saturated carbocycles. The number of aliphatic hydroxyl groups excluding tert-OH is 1. The monoisotopic (exact) mass is 314 g/mol. The number of carbonyl (C=O) groups is 2. The largest absolute Gasteiger partial charge is 0.458 e. The van der Waals surface area contributed by atoms with Gasteiger partial charge in [-0.2, -0.15) is 0 Å². The molecule has 0 amide bonds. The molecule has 118 valence electrons. The van der Waals surface area contributed by atoms with Crippen molar-refractivity contribution in [2.24, 2.45) is 5.92 Å². The lowest BCUT2D eigenvalue weighted by molar-refractivity contribution is -0.152. The zero-order chi connectivity index (χ0) is 16.1. The molecule has 6 heteroatoms. The van der Waals surface area contributed by atoms with Crippen LogP contribution in [0.1, 0.15) is 30.3 Å². The Morgan fingerprint density at radius 2 is 1.87 bits per heavy atom. The first-order chi connectivity index (χ1) is 11.1. The standard InChI is InChI=1S/C17H14O6/c1-8-6-12(22-16(8)19)21-7-11-13-14(18)9-4-2-3-5-10(9)15(13)23-17(11)20/h2-7,12-15,18H,1H3/b11-7+/t12-,13-,14+,15+/m0/s1. The molecular weight excluding hydrogens is 300 g/mol. The van der Waals surface area contributed by atoms with Crippen LogP contribution in [0.15, 0.2) is 47.7 Å². The Labute approximate surface area is 132 Å². The quantitative estimate of drug-likeness (QED) is 0.508. The van der Waals surface area contributed by atoms with Gasteiger partial charge < -0.3 is 19.3 Å². The number of rotatable bonds is 2. The van der Waals surface area contributed by atoms with Crippen LogP contribution in [0.2, 0.25) is 0 Å². The molecule has 0 unspecified atom stereocenters. The van der Waals surface area contributed by atoms with Crippen LogP contribution in [0.3, 0.4) is 0 Å². The first-order valence-electron chi connectivity index (χ1n) is 7.29. The van der Waals surface area contributed by atoms with E-state index in [9.17, 15) is 14.7 Å². The highest BCUT2D eigenvalue weighted by Crippen LogP contribution is 2.53. The van der Waals surface area contributed by atoms with E-state index in [1.807, 2.05) is 24.3 Å². The Hall–Kier alpha value is -2.60. The molecule has 1 aromatic rings. The second-order valence-electron chi connectivity index (χ2n) is 5.76. The second kappa shape index (κ2) is 4.96. The number of carbonyl (C=O) groups excluding carboxylic acids is 2. The third-order valence-electron chi connectivity index (χ3n) is 4.38. The van der Waals surface area contributed by atoms with Crippen molar-refractivity contribution in [1.29, 1.82) is 0 Å². The van der Waals surface area contributed by atoms with E-state index in [-0.39, 0.29) is 5.57 Å². The highest BCUT2D eigenvalue weighted by Gasteiger charge is 2.51. The fourth-order valence-electron chi connectivity index (χ4n) is 3.22. The van der Waals surface area contributed by atoms with Gasteiger partial charge in [-0.05, 0) is 18.1 Å². The summed E-state index contributed by atoms with van der Waals surface area (Å²) in [6.45, 7) is 1.62. The molecule has 2 heterocycles. The van der Waals surface area contributed by atoms with Gasteiger partial charge in [-0.1, -0.05) is 24.3 Å². The zero-order valence-corrected chi connectivity index (χ0v) is 12.3. The molecule has 0 bridgehead atoms. The molecule has 0 aromatic heterocycles. The van der Waals surface area contributed by atoms with Crippen LogP contribution >= 0.6 is 0 Å². The number of fused-ring (bicyclic) bond motifs is 3. The normalized spacial score (nSPS) is 33.1. The fourth-order valence-corrected chi connectivity index (χ4v) is 3.22. The van der Waals surface area contributed by atoms with Crippen LogP contribution in [0.5, 0.6) is 0 Å². The second-order valence-corrected chi connectivity index (χ2v) is 5.76. The zero-order valence-electron chi connectivity index (χ0n) is 12.3. The highest BCUT2D eigenvalue weighted by atomic mass is 16.7. The average Bonchev–Trinajstić information content (AvgIpc) is 3.12. The first kappa shape index (κ1) is 14.0. The molecule has 1 fully saturated rings. The van der Waals surface area contributed by atoms with Crippen molar-refractivity contribution < 1.29 is 28.9 Å². The summed E-state index contributed by atoms with van der Waals surface area (Å²) in [5.74, 6) is -1.49. The minimum Gasteiger partial charge on any atom is -0.458 e. The number of hydrogen-bond acceptors (Lipinski definition) is 6. The average molecular weight is 314 g/mol. The van der Waals surface area contributed by atoms with Crippen LogP contribution in [-0.2, 0) is 23.8 Å². The lowest BCUT2D eigenvalue weighted by Crippen LogP contribution is -2.14. The van der Waals surface area contributed by atoms with Gasteiger partial charge in [0.05, 0.1) is 23.9 Å². The summed E-state index contributed by atoms with van der Waals surface area (Å²) < 4.78 is 15.7. The Kier molecular flexibility index (Phi) is 3.02. The number of aliphatic hydroxyl groups is 1. The maximum absolute atomic E-state index is 12.1. The summed E-state index contributed by atoms with van der Waals surface area (Å²) in [4.78, 5) is 23.4. The van der Waals surface area contributed by atoms with Gasteiger partial charge in [-0.15, -0.1) is 0 Å². The first-order valence-corrected chi connectivity index (χ1v) is 7.29. The van der Waals surface area contributed by atoms with Gasteiger partial charge in [0.2, 0.25) is 0 Å². The molecule has 6 nitrogen and oxygen atoms in total. The molecule has 0 radical (unpaired) electrons. The Bertz CT molecular complexity index is 762. The van der Waals surface area contributed by atoms with E-state index in [0.29, 0.717) is 5.57 Å². The van der Waals surface area contributed by atoms with Crippen molar-refractivity contribution in [3.63, 3.8) is 0 Å². The van der Waals surface area contributed by atoms with E-state index in [1.54, 1.807) is 6.92 Å². The van der Waals surface area contributed by atoms with Gasteiger partial charge in [0.25, 0.3) is 6.29 Å². The van der Waals surface area contributed by atoms with Gasteiger partial charge >= 0.3 is 11.9 Å². The van der Waals surface area contributed by atoms with Gasteiger partial charge in [-0.25, -0.2) is 9.59 Å². The molecule has 1 N–H and O–H groups in total. The molecule has 3 aliphatic rings. The van der Waals surface area contributed by atoms with Crippen molar-refractivity contribution in [3.05, 3.63) is 58.9 Å². The predicted octanol–water partition coefficient (Wildman–Crippen LogP) is 1.68. The SMILES string of the molecule is CC1=C[C@@H](O/C=C2/C(=O)O[C@@H]3c4ccccc4[C@@H](O)[C@H]23)OC1=O. The van der Waals surface area contributed by atoms with Crippen LogP contribution in [0.25, 0.3) is 0 Å². The van der Waals surface area contributed by atoms with Crippen LogP contribution in [0.4, 0.5) is 0 Å². The topological polar surface area (TPSA) is 82.1 Å². The number of benzene rings is 1. The summed E-state index contributed by atoms with van der Waals surface area (Å²) in [6, 6.07) is 7.32. The molecule has 0 spiro atoms. The summed E-state index contributed by atoms with van der Waals surface area (Å²) in [5.41, 5.74) is 2.26. The number of hydrogen-bond donors (Lipinski definition) is 1. The van der Waals surface area contributed by atoms with E-state index in [4.69, 9.17) is 14.2 Å². The molecule has 1 aromatic carbocycles. The van der Waals surface area contributed by atoms with Gasteiger partial charge in [-0.3, -0.25) is 0 Å². The van der Waals surface area contributed by atoms with Crippen molar-refractivity contribution in [2.75, 3.05) is 0 Å². The molecular formula is C17H14O6. The van der Waals surface area contributed by atoms with Crippen molar-refractivity contribution in [3.8, 4) is 0 Å². The molecule has 1 saturated heterocycles. The van der Waals surface area contributed by atoms with Gasteiger partial charge in [0.1, 0.15) is 6.10 Å². The summed E-state index contributed by atoms with van der Waals surface area (Å²) >= 11 is 0. The molecule has 23 heavy (non-hydrogen) atoms. The summed E-state index contributed by atoms with van der Waals surface area (Å²) in [6.07, 6.45) is 0.558. The van der Waals surface area contributed by atoms with Crippen molar-refractivity contribution in [1.82, 2.24) is 0 Å². The smallest absolute Gasteiger partial charge is 0.338 e. The molecule has 1 aliphatic carbocycles. The number of cyclic esters (lactones) is 1. The number of ether oxygens (including phenoxy) is 3. The summed E-state index contributed by atoms with van der Waals surface area (Å²) in [5, 5.41) is 10.5. The summed E-state index contributed by atoms with van der Waals surface area (Å²) in [7, 11) is 0. The van der Waals surface area contributed by atoms with E-state index >= 15 is 0 Å². The Morgan fingerprint density at radius 1 is 1.13 bits per heavy atom. The maximum Gasteiger partial charge on any atom is 0.338 e. The highest BCUT2D eigenvalue weighted by molar-refractivity contribution is 5.92. The lowest BCUT2D eigenvalue weighted by Gasteiger charge is -2.13. The van der Waals surface area contributed by atoms with E-state index in [2.05, 4.69) is 0 Å². The molecule has 4 atom stereocenters. The molecule has 4 rings (SSSR count). The predicted molar refractivity (Wildman–Crippen MR) is 76.5 cm³/mol. The van der Waals surface area contributed by atoms with Crippen molar-refractivity contribution >= 4 is 11.9 Å². The van der Waals surface area contributed by atoms with Crippen LogP contribution in [0, 0.1) is 5.92 Å². The van der Waals surface area contributed by atoms with E-state index < -0.39 is 36.4 Å². The van der Waals surface area contributed by atoms with Gasteiger partial charge in [0, 0.05) is 11.6 Å². The lowest BCUT2D eigenvalue weighted by atomic mass is 9.95. The minimum absolute atomic E-state index is 0.243. The van der Waals surface area contributed by atoms with Crippen LogP contribution < -0.4 is 0 Å². The third-order valence-corrected chi connectivity index (χ3v) is 4.38. The Morgan fingerprint density at radius 3 is 2.57 bits per heavy atom. The molecule has 2 aliphatic heterocycles. The van der Waals surface area contributed by atoms with Gasteiger partial charge in [0.15, 0.2) is 0 Å². The fraction of sp³-hybridized carbons (Fsp3) is 0.294. The minimum atomic E-state index is -0.859. The third kappa shape index (κ3) is 2.06. The van der Waals surface area contributed by atoms with Crippen molar-refractivity contribution in [2.45, 2.75) is 25.4 Å². The maximum atomic E-state index is 12.1. The van der Waals surface area contributed by atoms with Crippen LogP contribution in [-0.4, -0.2) is 23.3 Å². The Balaban J connectivity index is 1.60. The van der Waals surface area contributed by atoms with E-state index in [1.165, 1.54) is 12.3 Å².